The average Bonchev–Trinajstić information content (AvgIpc) is 3.38. The van der Waals surface area contributed by atoms with Gasteiger partial charge in [-0.3, -0.25) is 19.1 Å². The average molecular weight is 560 g/mol. The number of nitrogens with one attached hydrogen (secondary N) is 1. The third-order valence-corrected chi connectivity index (χ3v) is 7.65. The highest BCUT2D eigenvalue weighted by atomic mass is 16.5. The smallest absolute Gasteiger partial charge is 0.239 e. The van der Waals surface area contributed by atoms with Gasteiger partial charge in [0, 0.05) is 51.4 Å². The highest BCUT2D eigenvalue weighted by Crippen LogP contribution is 2.25. The number of amides is 3. The van der Waals surface area contributed by atoms with Crippen LogP contribution in [0, 0.1) is 6.92 Å². The lowest BCUT2D eigenvalue weighted by Gasteiger charge is -2.39. The fourth-order valence-electron chi connectivity index (χ4n) is 5.29. The molecule has 216 valence electrons. The van der Waals surface area contributed by atoms with Gasteiger partial charge < -0.3 is 24.6 Å². The zero-order chi connectivity index (χ0) is 28.8. The highest BCUT2D eigenvalue weighted by molar-refractivity contribution is 5.85. The summed E-state index contributed by atoms with van der Waals surface area (Å²) in [4.78, 5) is 42.2. The van der Waals surface area contributed by atoms with Crippen molar-refractivity contribution in [3.63, 3.8) is 0 Å². The summed E-state index contributed by atoms with van der Waals surface area (Å²) in [7, 11) is 1.63. The van der Waals surface area contributed by atoms with Gasteiger partial charge in [-0.25, -0.2) is 0 Å². The van der Waals surface area contributed by atoms with Crippen LogP contribution in [-0.4, -0.2) is 76.1 Å². The van der Waals surface area contributed by atoms with Gasteiger partial charge in [0.25, 0.3) is 0 Å². The van der Waals surface area contributed by atoms with Crippen LogP contribution in [-0.2, 0) is 38.7 Å². The first kappa shape index (κ1) is 28.4. The molecule has 0 saturated carbocycles. The van der Waals surface area contributed by atoms with E-state index in [4.69, 9.17) is 9.47 Å². The number of carbonyl (C=O) groups is 3. The summed E-state index contributed by atoms with van der Waals surface area (Å²) in [6, 6.07) is 16.9. The normalized spacial score (nSPS) is 20.3. The van der Waals surface area contributed by atoms with Crippen LogP contribution in [0.2, 0.25) is 0 Å². The van der Waals surface area contributed by atoms with Crippen molar-refractivity contribution in [2.45, 2.75) is 57.9 Å². The number of likely N-dealkylation sites (N-methyl/N-ethyl adjacent to an activating group) is 1. The number of nitrogens with zero attached hydrogens (tertiary/aromatic N) is 4. The summed E-state index contributed by atoms with van der Waals surface area (Å²) in [6.45, 7) is 3.59. The van der Waals surface area contributed by atoms with Crippen LogP contribution < -0.4 is 10.1 Å². The minimum atomic E-state index is -0.409. The molecule has 3 aromatic rings. The van der Waals surface area contributed by atoms with Gasteiger partial charge in [0.15, 0.2) is 0 Å². The minimum Gasteiger partial charge on any atom is -0.457 e. The number of rotatable bonds is 3. The summed E-state index contributed by atoms with van der Waals surface area (Å²) in [5.74, 6) is 0.994. The Balaban J connectivity index is 1.31. The second-order valence-corrected chi connectivity index (χ2v) is 10.7. The fraction of sp³-hybridized carbons (Fsp3) is 0.419. The van der Waals surface area contributed by atoms with Gasteiger partial charge in [0.05, 0.1) is 25.3 Å². The van der Waals surface area contributed by atoms with Gasteiger partial charge in [0.2, 0.25) is 17.7 Å². The molecule has 0 aliphatic carbocycles. The Morgan fingerprint density at radius 2 is 1.80 bits per heavy atom. The van der Waals surface area contributed by atoms with Crippen molar-refractivity contribution in [2.75, 3.05) is 26.7 Å². The molecule has 3 amide bonds. The zero-order valence-electron chi connectivity index (χ0n) is 23.6. The standard InChI is InChI=1S/C31H37N5O5/c1-22-11-14-32-36(22)16-13-31(39)35-15-12-28-27(19-35)33-29(37)20-34(2)30(38)10-9-23-5-3-7-25(17-23)41-26-8-4-6-24(18-26)21-40-28/h3-8,11,14,17-18,27-28H,9-10,12-13,15-16,19-21H2,1-2H3,(H,33,37)/t27-,28+/m0/s1. The third-order valence-electron chi connectivity index (χ3n) is 7.65. The van der Waals surface area contributed by atoms with Crippen LogP contribution >= 0.6 is 0 Å². The van der Waals surface area contributed by atoms with Gasteiger partial charge in [-0.05, 0) is 61.2 Å². The molecule has 1 N–H and O–H groups in total. The number of likely N-dealkylation sites (tertiary alicyclic amines) is 1. The molecule has 0 unspecified atom stereocenters. The monoisotopic (exact) mass is 559 g/mol. The second kappa shape index (κ2) is 13.0. The Kier molecular flexibility index (Phi) is 8.98. The molecule has 2 aliphatic heterocycles. The lowest BCUT2D eigenvalue weighted by atomic mass is 10.0. The van der Waals surface area contributed by atoms with E-state index in [1.807, 2.05) is 66.2 Å². The van der Waals surface area contributed by atoms with E-state index in [1.54, 1.807) is 18.1 Å². The molecule has 5 rings (SSSR count). The lowest BCUT2D eigenvalue weighted by Crippen LogP contribution is -2.58. The van der Waals surface area contributed by atoms with Gasteiger partial charge in [-0.15, -0.1) is 0 Å². The molecule has 2 aliphatic rings. The lowest BCUT2D eigenvalue weighted by molar-refractivity contribution is -0.139. The van der Waals surface area contributed by atoms with E-state index in [0.717, 1.165) is 16.8 Å². The number of ether oxygens (including phenoxy) is 2. The topological polar surface area (TPSA) is 106 Å². The first-order valence-electron chi connectivity index (χ1n) is 14.1. The second-order valence-electron chi connectivity index (χ2n) is 10.7. The molecule has 2 atom stereocenters. The maximum atomic E-state index is 13.1. The van der Waals surface area contributed by atoms with E-state index < -0.39 is 6.04 Å². The largest absolute Gasteiger partial charge is 0.457 e. The molecular weight excluding hydrogens is 522 g/mol. The number of aromatic nitrogens is 2. The molecule has 3 heterocycles. The van der Waals surface area contributed by atoms with Crippen LogP contribution in [0.1, 0.15) is 36.1 Å². The number of piperidine rings is 1. The molecule has 1 aromatic heterocycles. The van der Waals surface area contributed by atoms with E-state index >= 15 is 0 Å². The van der Waals surface area contributed by atoms with Gasteiger partial charge in [0.1, 0.15) is 11.5 Å². The number of fused-ring (bicyclic) bond motifs is 5. The van der Waals surface area contributed by atoms with Crippen LogP contribution in [0.15, 0.2) is 60.8 Å². The van der Waals surface area contributed by atoms with Gasteiger partial charge in [-0.1, -0.05) is 24.3 Å². The summed E-state index contributed by atoms with van der Waals surface area (Å²) >= 11 is 0. The summed E-state index contributed by atoms with van der Waals surface area (Å²) < 4.78 is 14.3. The van der Waals surface area contributed by atoms with E-state index in [-0.39, 0.29) is 36.8 Å². The maximum Gasteiger partial charge on any atom is 0.239 e. The molecule has 10 nitrogen and oxygen atoms in total. The predicted molar refractivity (Wildman–Crippen MR) is 152 cm³/mol. The number of hydrogen-bond acceptors (Lipinski definition) is 6. The summed E-state index contributed by atoms with van der Waals surface area (Å²) in [6.07, 6.45) is 3.14. The Bertz CT molecular complexity index is 1390. The van der Waals surface area contributed by atoms with Crippen LogP contribution in [0.3, 0.4) is 0 Å². The van der Waals surface area contributed by atoms with Crippen molar-refractivity contribution in [3.8, 4) is 11.5 Å². The Labute approximate surface area is 240 Å². The quantitative estimate of drug-likeness (QED) is 0.529. The number of carbonyl (C=O) groups excluding carboxylic acids is 3. The van der Waals surface area contributed by atoms with Crippen LogP contribution in [0.5, 0.6) is 11.5 Å². The van der Waals surface area contributed by atoms with Crippen molar-refractivity contribution in [2.24, 2.45) is 0 Å². The molecule has 10 heteroatoms. The van der Waals surface area contributed by atoms with E-state index in [2.05, 4.69) is 10.4 Å². The number of benzene rings is 2. The molecule has 1 fully saturated rings. The molecule has 0 radical (unpaired) electrons. The third kappa shape index (κ3) is 7.52. The molecular formula is C31H37N5O5. The van der Waals surface area contributed by atoms with Crippen LogP contribution in [0.25, 0.3) is 0 Å². The number of hydrogen-bond donors (Lipinski definition) is 1. The Morgan fingerprint density at radius 3 is 2.56 bits per heavy atom. The van der Waals surface area contributed by atoms with Gasteiger partial charge >= 0.3 is 0 Å². The van der Waals surface area contributed by atoms with Crippen molar-refractivity contribution < 1.29 is 23.9 Å². The summed E-state index contributed by atoms with van der Waals surface area (Å²) in [5.41, 5.74) is 2.93. The van der Waals surface area contributed by atoms with E-state index in [1.165, 1.54) is 4.90 Å². The summed E-state index contributed by atoms with van der Waals surface area (Å²) in [5, 5.41) is 7.32. The van der Waals surface area contributed by atoms with E-state index in [9.17, 15) is 14.4 Å². The molecule has 4 bridgehead atoms. The molecule has 41 heavy (non-hydrogen) atoms. The van der Waals surface area contributed by atoms with E-state index in [0.29, 0.717) is 57.0 Å². The van der Waals surface area contributed by atoms with Crippen LogP contribution in [0.4, 0.5) is 0 Å². The highest BCUT2D eigenvalue weighted by Gasteiger charge is 2.33. The zero-order valence-corrected chi connectivity index (χ0v) is 23.6. The Hall–Kier alpha value is -4.18. The maximum absolute atomic E-state index is 13.1. The first-order valence-corrected chi connectivity index (χ1v) is 14.1. The minimum absolute atomic E-state index is 0.00686. The molecule has 2 aromatic carbocycles. The fourth-order valence-corrected chi connectivity index (χ4v) is 5.29. The van der Waals surface area contributed by atoms with Gasteiger partial charge in [-0.2, -0.15) is 5.10 Å². The molecule has 1 saturated heterocycles. The Morgan fingerprint density at radius 1 is 1.05 bits per heavy atom. The van der Waals surface area contributed by atoms with Crippen molar-refractivity contribution in [1.29, 1.82) is 0 Å². The SMILES string of the molecule is Cc1ccnn1CCC(=O)N1CC[C@H]2OCc3cccc(c3)Oc3cccc(c3)CCC(=O)N(C)CC(=O)N[C@H]2C1. The van der Waals surface area contributed by atoms with Crippen molar-refractivity contribution in [3.05, 3.63) is 77.6 Å². The number of aryl methyl sites for hydroxylation is 3. The predicted octanol–water partition coefficient (Wildman–Crippen LogP) is 3.08. The van der Waals surface area contributed by atoms with Crippen molar-refractivity contribution in [1.82, 2.24) is 24.9 Å². The molecule has 0 spiro atoms. The van der Waals surface area contributed by atoms with Crippen molar-refractivity contribution >= 4 is 17.7 Å². The first-order chi connectivity index (χ1) is 19.8.